The molecule has 0 spiro atoms. The molecule has 3 nitrogen and oxygen atoms in total. The first-order valence-corrected chi connectivity index (χ1v) is 6.72. The molecular weight excluding hydrogens is 248 g/mol. The van der Waals surface area contributed by atoms with E-state index in [1.54, 1.807) is 0 Å². The normalized spacial score (nSPS) is 10.2. The number of carbonyl (C=O) groups excluding carboxylic acids is 1. The molecule has 0 aliphatic rings. The predicted octanol–water partition coefficient (Wildman–Crippen LogP) is 3.93. The van der Waals surface area contributed by atoms with Gasteiger partial charge in [0.05, 0.1) is 0 Å². The third-order valence-electron chi connectivity index (χ3n) is 3.33. The molecule has 0 saturated heterocycles. The van der Waals surface area contributed by atoms with Gasteiger partial charge < -0.3 is 10.6 Å². The molecule has 2 amide bonds. The van der Waals surface area contributed by atoms with Crippen LogP contribution < -0.4 is 10.6 Å². The van der Waals surface area contributed by atoms with Gasteiger partial charge in [0, 0.05) is 12.2 Å². The molecule has 20 heavy (non-hydrogen) atoms. The number of anilines is 1. The second-order valence-electron chi connectivity index (χ2n) is 5.09. The summed E-state index contributed by atoms with van der Waals surface area (Å²) < 4.78 is 0. The molecule has 0 bridgehead atoms. The zero-order valence-corrected chi connectivity index (χ0v) is 12.2. The molecule has 0 aliphatic carbocycles. The maximum Gasteiger partial charge on any atom is 0.319 e. The minimum absolute atomic E-state index is 0.188. The van der Waals surface area contributed by atoms with Gasteiger partial charge >= 0.3 is 6.03 Å². The van der Waals surface area contributed by atoms with E-state index in [0.29, 0.717) is 6.54 Å². The Hall–Kier alpha value is -2.29. The highest BCUT2D eigenvalue weighted by atomic mass is 16.2. The van der Waals surface area contributed by atoms with Gasteiger partial charge in [0.15, 0.2) is 0 Å². The molecular formula is C17H20N2O. The first-order chi connectivity index (χ1) is 9.54. The lowest BCUT2D eigenvalue weighted by molar-refractivity contribution is 0.251. The molecule has 104 valence electrons. The summed E-state index contributed by atoms with van der Waals surface area (Å²) in [4.78, 5) is 11.8. The van der Waals surface area contributed by atoms with Gasteiger partial charge in [0.1, 0.15) is 0 Å². The lowest BCUT2D eigenvalue weighted by Gasteiger charge is -2.09. The molecule has 2 rings (SSSR count). The van der Waals surface area contributed by atoms with Crippen molar-refractivity contribution in [2.24, 2.45) is 0 Å². The van der Waals surface area contributed by atoms with E-state index in [-0.39, 0.29) is 6.03 Å². The van der Waals surface area contributed by atoms with Gasteiger partial charge in [-0.2, -0.15) is 0 Å². The summed E-state index contributed by atoms with van der Waals surface area (Å²) in [6, 6.07) is 13.8. The number of hydrogen-bond acceptors (Lipinski definition) is 1. The van der Waals surface area contributed by atoms with Crippen molar-refractivity contribution in [3.05, 3.63) is 64.7 Å². The van der Waals surface area contributed by atoms with Crippen molar-refractivity contribution in [1.29, 1.82) is 0 Å². The molecule has 3 heteroatoms. The van der Waals surface area contributed by atoms with Crippen molar-refractivity contribution >= 4 is 11.7 Å². The van der Waals surface area contributed by atoms with Crippen molar-refractivity contribution < 1.29 is 4.79 Å². The van der Waals surface area contributed by atoms with Crippen LogP contribution >= 0.6 is 0 Å². The van der Waals surface area contributed by atoms with Crippen LogP contribution in [-0.2, 0) is 6.54 Å². The quantitative estimate of drug-likeness (QED) is 0.870. The summed E-state index contributed by atoms with van der Waals surface area (Å²) in [5.74, 6) is 0. The summed E-state index contributed by atoms with van der Waals surface area (Å²) in [5.41, 5.74) is 5.58. The van der Waals surface area contributed by atoms with E-state index in [1.165, 1.54) is 16.7 Å². The zero-order chi connectivity index (χ0) is 14.5. The minimum Gasteiger partial charge on any atom is -0.334 e. The van der Waals surface area contributed by atoms with Crippen molar-refractivity contribution in [3.8, 4) is 0 Å². The second kappa shape index (κ2) is 6.24. The first kappa shape index (κ1) is 14.1. The van der Waals surface area contributed by atoms with Crippen molar-refractivity contribution in [2.45, 2.75) is 27.3 Å². The highest BCUT2D eigenvalue weighted by molar-refractivity contribution is 5.89. The van der Waals surface area contributed by atoms with Crippen molar-refractivity contribution in [3.63, 3.8) is 0 Å². The zero-order valence-electron chi connectivity index (χ0n) is 12.2. The molecule has 2 aromatic rings. The molecule has 0 aliphatic heterocycles. The molecule has 0 aromatic heterocycles. The second-order valence-corrected chi connectivity index (χ2v) is 5.09. The largest absolute Gasteiger partial charge is 0.334 e. The molecule has 0 radical (unpaired) electrons. The Balaban J connectivity index is 1.88. The molecule has 2 N–H and O–H groups in total. The number of nitrogens with one attached hydrogen (secondary N) is 2. The minimum atomic E-state index is -0.188. The number of carbonyl (C=O) groups is 1. The highest BCUT2D eigenvalue weighted by Crippen LogP contribution is 2.10. The molecule has 0 fully saturated rings. The van der Waals surface area contributed by atoms with Crippen LogP contribution in [0.1, 0.15) is 22.3 Å². The predicted molar refractivity (Wildman–Crippen MR) is 83.0 cm³/mol. The number of amides is 2. The third kappa shape index (κ3) is 3.85. The first-order valence-electron chi connectivity index (χ1n) is 6.72. The fourth-order valence-electron chi connectivity index (χ4n) is 1.91. The lowest BCUT2D eigenvalue weighted by Crippen LogP contribution is -2.28. The standard InChI is InChI=1S/C17H20N2O/c1-12-4-8-16(9-5-12)19-17(20)18-11-15-7-6-13(2)14(3)10-15/h4-10H,11H2,1-3H3,(H2,18,19,20). The SMILES string of the molecule is Cc1ccc(NC(=O)NCc2ccc(C)c(C)c2)cc1. The molecule has 0 atom stereocenters. The van der Waals surface area contributed by atoms with Gasteiger partial charge in [-0.1, -0.05) is 35.9 Å². The van der Waals surface area contributed by atoms with E-state index in [1.807, 2.05) is 37.3 Å². The fraction of sp³-hybridized carbons (Fsp3) is 0.235. The molecule has 0 unspecified atom stereocenters. The van der Waals surface area contributed by atoms with Crippen LogP contribution in [0, 0.1) is 20.8 Å². The number of rotatable bonds is 3. The van der Waals surface area contributed by atoms with Gasteiger partial charge in [-0.05, 0) is 49.6 Å². The van der Waals surface area contributed by atoms with E-state index < -0.39 is 0 Å². The molecule has 0 saturated carbocycles. The smallest absolute Gasteiger partial charge is 0.319 e. The molecule has 2 aromatic carbocycles. The van der Waals surface area contributed by atoms with E-state index in [9.17, 15) is 4.79 Å². The third-order valence-corrected chi connectivity index (χ3v) is 3.33. The Bertz CT molecular complexity index is 603. The number of benzene rings is 2. The Labute approximate surface area is 120 Å². The Morgan fingerprint density at radius 2 is 1.65 bits per heavy atom. The topological polar surface area (TPSA) is 41.1 Å². The van der Waals surface area contributed by atoms with E-state index in [2.05, 4.69) is 36.6 Å². The monoisotopic (exact) mass is 268 g/mol. The van der Waals surface area contributed by atoms with Crippen LogP contribution in [0.5, 0.6) is 0 Å². The summed E-state index contributed by atoms with van der Waals surface area (Å²) in [5, 5.41) is 5.67. The van der Waals surface area contributed by atoms with Gasteiger partial charge in [0.25, 0.3) is 0 Å². The van der Waals surface area contributed by atoms with Gasteiger partial charge in [-0.25, -0.2) is 4.79 Å². The Morgan fingerprint density at radius 3 is 2.30 bits per heavy atom. The van der Waals surface area contributed by atoms with Crippen LogP contribution in [0.4, 0.5) is 10.5 Å². The van der Waals surface area contributed by atoms with E-state index in [4.69, 9.17) is 0 Å². The van der Waals surface area contributed by atoms with Crippen LogP contribution in [-0.4, -0.2) is 6.03 Å². The summed E-state index contributed by atoms with van der Waals surface area (Å²) >= 11 is 0. The van der Waals surface area contributed by atoms with Gasteiger partial charge in [-0.15, -0.1) is 0 Å². The summed E-state index contributed by atoms with van der Waals surface area (Å²) in [6.45, 7) is 6.70. The van der Waals surface area contributed by atoms with E-state index >= 15 is 0 Å². The average molecular weight is 268 g/mol. The van der Waals surface area contributed by atoms with E-state index in [0.717, 1.165) is 11.3 Å². The van der Waals surface area contributed by atoms with Crippen molar-refractivity contribution in [2.75, 3.05) is 5.32 Å². The molecule has 0 heterocycles. The Morgan fingerprint density at radius 1 is 0.950 bits per heavy atom. The maximum absolute atomic E-state index is 11.8. The van der Waals surface area contributed by atoms with Crippen LogP contribution in [0.25, 0.3) is 0 Å². The Kier molecular flexibility index (Phi) is 4.41. The number of hydrogen-bond donors (Lipinski definition) is 2. The summed E-state index contributed by atoms with van der Waals surface area (Å²) in [6.07, 6.45) is 0. The van der Waals surface area contributed by atoms with Gasteiger partial charge in [0.2, 0.25) is 0 Å². The maximum atomic E-state index is 11.8. The number of aryl methyl sites for hydroxylation is 3. The van der Waals surface area contributed by atoms with Crippen LogP contribution in [0.2, 0.25) is 0 Å². The van der Waals surface area contributed by atoms with Crippen molar-refractivity contribution in [1.82, 2.24) is 5.32 Å². The summed E-state index contributed by atoms with van der Waals surface area (Å²) in [7, 11) is 0. The average Bonchev–Trinajstić information content (AvgIpc) is 2.43. The fourth-order valence-corrected chi connectivity index (χ4v) is 1.91. The lowest BCUT2D eigenvalue weighted by atomic mass is 10.1. The van der Waals surface area contributed by atoms with Crippen LogP contribution in [0.15, 0.2) is 42.5 Å². The van der Waals surface area contributed by atoms with Crippen LogP contribution in [0.3, 0.4) is 0 Å². The number of urea groups is 1. The highest BCUT2D eigenvalue weighted by Gasteiger charge is 2.02. The van der Waals surface area contributed by atoms with Gasteiger partial charge in [-0.3, -0.25) is 0 Å².